The third-order valence-corrected chi connectivity index (χ3v) is 7.35. The highest BCUT2D eigenvalue weighted by molar-refractivity contribution is 7.92. The number of sulfonamides is 1. The summed E-state index contributed by atoms with van der Waals surface area (Å²) in [4.78, 5) is 25.8. The fourth-order valence-corrected chi connectivity index (χ4v) is 5.06. The second-order valence-electron chi connectivity index (χ2n) is 7.98. The molecule has 0 aliphatic heterocycles. The first-order valence-electron chi connectivity index (χ1n) is 11.3. The molecule has 0 radical (unpaired) electrons. The monoisotopic (exact) mass is 545 g/mol. The van der Waals surface area contributed by atoms with Crippen molar-refractivity contribution in [2.75, 3.05) is 43.5 Å². The molecule has 0 unspecified atom stereocenters. The van der Waals surface area contributed by atoms with Crippen LogP contribution in [0.2, 0.25) is 5.02 Å². The molecule has 0 atom stereocenters. The van der Waals surface area contributed by atoms with Crippen molar-refractivity contribution in [3.05, 3.63) is 82.9 Å². The minimum absolute atomic E-state index is 0.00847. The zero-order valence-corrected chi connectivity index (χ0v) is 22.2. The summed E-state index contributed by atoms with van der Waals surface area (Å²) in [6.45, 7) is 1.85. The predicted molar refractivity (Wildman–Crippen MR) is 143 cm³/mol. The number of nitrogens with one attached hydrogen (secondary N) is 2. The summed E-state index contributed by atoms with van der Waals surface area (Å²) in [6, 6.07) is 17.2. The van der Waals surface area contributed by atoms with Gasteiger partial charge in [0.25, 0.3) is 15.9 Å². The summed E-state index contributed by atoms with van der Waals surface area (Å²) in [7, 11) is -1.30. The van der Waals surface area contributed by atoms with E-state index in [-0.39, 0.29) is 39.2 Å². The van der Waals surface area contributed by atoms with E-state index in [4.69, 9.17) is 21.1 Å². The van der Waals surface area contributed by atoms with Gasteiger partial charge in [-0.3, -0.25) is 13.9 Å². The molecule has 0 aromatic heterocycles. The Bertz CT molecular complexity index is 1360. The van der Waals surface area contributed by atoms with Crippen LogP contribution in [0.4, 0.5) is 11.4 Å². The molecule has 2 N–H and O–H groups in total. The standard InChI is InChI=1S/C26H28ClN3O6S/c1-18-8-11-20(12-9-18)37(33,34)30(23-16-19(27)10-13-24(23)36-3)17-25(31)29-22-7-5-4-6-21(22)26(32)28-14-15-35-2/h4-13,16H,14-15,17H2,1-3H3,(H,28,32)(H,29,31). The van der Waals surface area contributed by atoms with E-state index in [1.165, 1.54) is 38.5 Å². The van der Waals surface area contributed by atoms with Crippen molar-refractivity contribution in [1.29, 1.82) is 0 Å². The van der Waals surface area contributed by atoms with Gasteiger partial charge in [0, 0.05) is 18.7 Å². The van der Waals surface area contributed by atoms with Crippen LogP contribution in [-0.4, -0.2) is 54.1 Å². The molecule has 11 heteroatoms. The van der Waals surface area contributed by atoms with Crippen molar-refractivity contribution in [2.45, 2.75) is 11.8 Å². The third-order valence-electron chi connectivity index (χ3n) is 5.34. The minimum atomic E-state index is -4.21. The lowest BCUT2D eigenvalue weighted by molar-refractivity contribution is -0.114. The fourth-order valence-electron chi connectivity index (χ4n) is 3.47. The van der Waals surface area contributed by atoms with Gasteiger partial charge in [0.15, 0.2) is 0 Å². The molecule has 3 aromatic rings. The maximum atomic E-state index is 13.7. The SMILES string of the molecule is COCCNC(=O)c1ccccc1NC(=O)CN(c1cc(Cl)ccc1OC)S(=O)(=O)c1ccc(C)cc1. The first-order valence-corrected chi connectivity index (χ1v) is 13.1. The Kier molecular flexibility index (Phi) is 9.51. The molecule has 9 nitrogen and oxygen atoms in total. The summed E-state index contributed by atoms with van der Waals surface area (Å²) in [5, 5.41) is 5.62. The Balaban J connectivity index is 1.96. The van der Waals surface area contributed by atoms with Crippen molar-refractivity contribution in [3.63, 3.8) is 0 Å². The Labute approximate surface area is 221 Å². The zero-order valence-electron chi connectivity index (χ0n) is 20.7. The van der Waals surface area contributed by atoms with Crippen LogP contribution in [0.1, 0.15) is 15.9 Å². The molecule has 3 rings (SSSR count). The van der Waals surface area contributed by atoms with Gasteiger partial charge in [-0.05, 0) is 49.4 Å². The van der Waals surface area contributed by atoms with Crippen LogP contribution in [0, 0.1) is 6.92 Å². The smallest absolute Gasteiger partial charge is 0.264 e. The van der Waals surface area contributed by atoms with Crippen LogP contribution in [0.5, 0.6) is 5.75 Å². The number of hydrogen-bond acceptors (Lipinski definition) is 6. The van der Waals surface area contributed by atoms with E-state index < -0.39 is 28.4 Å². The molecule has 196 valence electrons. The number of amides is 2. The Morgan fingerprint density at radius 1 is 1.00 bits per heavy atom. The Hall–Kier alpha value is -3.60. The largest absolute Gasteiger partial charge is 0.495 e. The molecule has 2 amide bonds. The predicted octanol–water partition coefficient (Wildman–Crippen LogP) is 3.87. The number of anilines is 2. The zero-order chi connectivity index (χ0) is 27.0. The van der Waals surface area contributed by atoms with Crippen LogP contribution in [0.25, 0.3) is 0 Å². The molecule has 0 fully saturated rings. The van der Waals surface area contributed by atoms with E-state index in [1.807, 2.05) is 6.92 Å². The molecular formula is C26H28ClN3O6S. The van der Waals surface area contributed by atoms with E-state index in [0.717, 1.165) is 9.87 Å². The van der Waals surface area contributed by atoms with Gasteiger partial charge in [0.05, 0.1) is 35.6 Å². The van der Waals surface area contributed by atoms with E-state index >= 15 is 0 Å². The number of carbonyl (C=O) groups is 2. The number of aryl methyl sites for hydroxylation is 1. The fraction of sp³-hybridized carbons (Fsp3) is 0.231. The molecule has 0 heterocycles. The van der Waals surface area contributed by atoms with Crippen LogP contribution in [-0.2, 0) is 19.6 Å². The van der Waals surface area contributed by atoms with Crippen molar-refractivity contribution >= 4 is 44.8 Å². The average Bonchev–Trinajstić information content (AvgIpc) is 2.88. The summed E-state index contributed by atoms with van der Waals surface area (Å²) in [6.07, 6.45) is 0. The number of rotatable bonds is 11. The number of carbonyl (C=O) groups excluding carboxylic acids is 2. The molecule has 0 saturated heterocycles. The van der Waals surface area contributed by atoms with Gasteiger partial charge in [-0.15, -0.1) is 0 Å². The van der Waals surface area contributed by atoms with Crippen LogP contribution < -0.4 is 19.7 Å². The van der Waals surface area contributed by atoms with Gasteiger partial charge in [0.2, 0.25) is 5.91 Å². The van der Waals surface area contributed by atoms with Gasteiger partial charge >= 0.3 is 0 Å². The van der Waals surface area contributed by atoms with Crippen LogP contribution in [0.3, 0.4) is 0 Å². The second-order valence-corrected chi connectivity index (χ2v) is 10.3. The normalized spacial score (nSPS) is 11.0. The number of ether oxygens (including phenoxy) is 2. The maximum absolute atomic E-state index is 13.7. The van der Waals surface area contributed by atoms with Gasteiger partial charge in [-0.1, -0.05) is 41.4 Å². The Morgan fingerprint density at radius 2 is 1.70 bits per heavy atom. The summed E-state index contributed by atoms with van der Waals surface area (Å²) < 4.78 is 38.7. The lowest BCUT2D eigenvalue weighted by Gasteiger charge is -2.26. The van der Waals surface area contributed by atoms with E-state index in [0.29, 0.717) is 6.61 Å². The second kappa shape index (κ2) is 12.6. The van der Waals surface area contributed by atoms with Gasteiger partial charge in [0.1, 0.15) is 12.3 Å². The molecule has 37 heavy (non-hydrogen) atoms. The number of benzene rings is 3. The van der Waals surface area contributed by atoms with Crippen molar-refractivity contribution in [3.8, 4) is 5.75 Å². The minimum Gasteiger partial charge on any atom is -0.495 e. The van der Waals surface area contributed by atoms with E-state index in [1.54, 1.807) is 42.5 Å². The van der Waals surface area contributed by atoms with Crippen molar-refractivity contribution in [1.82, 2.24) is 5.32 Å². The number of nitrogens with zero attached hydrogens (tertiary/aromatic N) is 1. The number of para-hydroxylation sites is 1. The lowest BCUT2D eigenvalue weighted by atomic mass is 10.1. The highest BCUT2D eigenvalue weighted by Crippen LogP contribution is 2.35. The molecule has 0 aliphatic carbocycles. The average molecular weight is 546 g/mol. The third kappa shape index (κ3) is 7.00. The highest BCUT2D eigenvalue weighted by atomic mass is 35.5. The molecule has 0 bridgehead atoms. The van der Waals surface area contributed by atoms with Crippen LogP contribution >= 0.6 is 11.6 Å². The molecule has 0 saturated carbocycles. The van der Waals surface area contributed by atoms with E-state index in [9.17, 15) is 18.0 Å². The highest BCUT2D eigenvalue weighted by Gasteiger charge is 2.30. The molecular weight excluding hydrogens is 518 g/mol. The Morgan fingerprint density at radius 3 is 2.38 bits per heavy atom. The summed E-state index contributed by atoms with van der Waals surface area (Å²) in [5.74, 6) is -0.866. The quantitative estimate of drug-likeness (QED) is 0.354. The number of hydrogen-bond donors (Lipinski definition) is 2. The molecule has 0 spiro atoms. The molecule has 3 aromatic carbocycles. The van der Waals surface area contributed by atoms with Crippen molar-refractivity contribution in [2.24, 2.45) is 0 Å². The number of halogens is 1. The maximum Gasteiger partial charge on any atom is 0.264 e. The van der Waals surface area contributed by atoms with Gasteiger partial charge in [-0.2, -0.15) is 0 Å². The van der Waals surface area contributed by atoms with Crippen molar-refractivity contribution < 1.29 is 27.5 Å². The first-order chi connectivity index (χ1) is 17.7. The van der Waals surface area contributed by atoms with Crippen LogP contribution in [0.15, 0.2) is 71.6 Å². The summed E-state index contributed by atoms with van der Waals surface area (Å²) in [5.41, 5.74) is 1.42. The van der Waals surface area contributed by atoms with Gasteiger partial charge < -0.3 is 20.1 Å². The summed E-state index contributed by atoms with van der Waals surface area (Å²) >= 11 is 6.18. The lowest BCUT2D eigenvalue weighted by Crippen LogP contribution is -2.38. The van der Waals surface area contributed by atoms with E-state index in [2.05, 4.69) is 10.6 Å². The topological polar surface area (TPSA) is 114 Å². The van der Waals surface area contributed by atoms with Gasteiger partial charge in [-0.25, -0.2) is 8.42 Å². The first kappa shape index (κ1) is 28.0. The number of methoxy groups -OCH3 is 2. The molecule has 0 aliphatic rings.